The topological polar surface area (TPSA) is 86.5 Å². The van der Waals surface area contributed by atoms with Gasteiger partial charge in [0.1, 0.15) is 5.82 Å². The quantitative estimate of drug-likeness (QED) is 0.682. The van der Waals surface area contributed by atoms with Gasteiger partial charge in [-0.2, -0.15) is 13.2 Å². The number of benzene rings is 1. The van der Waals surface area contributed by atoms with Gasteiger partial charge in [0.05, 0.1) is 12.0 Å². The molecule has 1 heterocycles. The van der Waals surface area contributed by atoms with Crippen molar-refractivity contribution in [1.82, 2.24) is 14.9 Å². The van der Waals surface area contributed by atoms with E-state index in [2.05, 4.69) is 9.97 Å². The average molecular weight is 464 g/mol. The molecule has 2 aliphatic rings. The molecule has 0 bridgehead atoms. The molecule has 0 unspecified atom stereocenters. The highest BCUT2D eigenvalue weighted by Crippen LogP contribution is 2.42. The molecular weight excluding hydrogens is 435 g/mol. The first-order valence-corrected chi connectivity index (χ1v) is 11.2. The van der Waals surface area contributed by atoms with Crippen LogP contribution in [0.2, 0.25) is 0 Å². The van der Waals surface area contributed by atoms with Crippen LogP contribution in [0.3, 0.4) is 0 Å². The van der Waals surface area contributed by atoms with Crippen LogP contribution in [-0.4, -0.2) is 55.9 Å². The largest absolute Gasteiger partial charge is 0.421 e. The predicted molar refractivity (Wildman–Crippen MR) is 114 cm³/mol. The molecule has 0 spiro atoms. The lowest BCUT2D eigenvalue weighted by Gasteiger charge is -2.42. The zero-order valence-electron chi connectivity index (χ0n) is 18.4. The van der Waals surface area contributed by atoms with Crippen LogP contribution >= 0.6 is 0 Å². The second-order valence-corrected chi connectivity index (χ2v) is 9.33. The Kier molecular flexibility index (Phi) is 6.22. The Labute approximate surface area is 190 Å². The molecule has 178 valence electrons. The third-order valence-electron chi connectivity index (χ3n) is 7.07. The van der Waals surface area contributed by atoms with Crippen LogP contribution in [-0.2, 0) is 11.0 Å². The van der Waals surface area contributed by atoms with Crippen molar-refractivity contribution in [3.05, 3.63) is 59.7 Å². The molecule has 0 saturated heterocycles. The number of aliphatic hydroxyl groups is 2. The highest BCUT2D eigenvalue weighted by Gasteiger charge is 2.51. The summed E-state index contributed by atoms with van der Waals surface area (Å²) in [5, 5.41) is 20.0. The smallest absolute Gasteiger partial charge is 0.395 e. The minimum absolute atomic E-state index is 0.0219. The van der Waals surface area contributed by atoms with Gasteiger partial charge in [0.2, 0.25) is 0 Å². The highest BCUT2D eigenvalue weighted by molar-refractivity contribution is 5.95. The molecule has 2 fully saturated rings. The van der Waals surface area contributed by atoms with Gasteiger partial charge in [-0.05, 0) is 69.2 Å². The van der Waals surface area contributed by atoms with Crippen molar-refractivity contribution in [3.63, 3.8) is 0 Å². The first-order valence-electron chi connectivity index (χ1n) is 11.2. The molecule has 2 N–H and O–H groups in total. The molecule has 9 heteroatoms. The van der Waals surface area contributed by atoms with Gasteiger partial charge in [-0.15, -0.1) is 0 Å². The molecule has 1 amide bonds. The normalized spacial score (nSPS) is 25.3. The van der Waals surface area contributed by atoms with Crippen LogP contribution in [0.4, 0.5) is 13.2 Å². The summed E-state index contributed by atoms with van der Waals surface area (Å²) in [5.41, 5.74) is -3.52. The summed E-state index contributed by atoms with van der Waals surface area (Å²) in [6.07, 6.45) is 2.94. The predicted octanol–water partition coefficient (Wildman–Crippen LogP) is 3.72. The van der Waals surface area contributed by atoms with Gasteiger partial charge in [-0.25, -0.2) is 9.97 Å². The Balaban J connectivity index is 1.50. The van der Waals surface area contributed by atoms with E-state index in [9.17, 15) is 28.2 Å². The summed E-state index contributed by atoms with van der Waals surface area (Å²) < 4.78 is 39.4. The summed E-state index contributed by atoms with van der Waals surface area (Å²) in [6.45, 7) is 0.633. The van der Waals surface area contributed by atoms with Crippen molar-refractivity contribution >= 4 is 5.91 Å². The molecule has 1 aromatic carbocycles. The minimum Gasteiger partial charge on any atom is -0.395 e. The fourth-order valence-electron chi connectivity index (χ4n) is 4.69. The Morgan fingerprint density at radius 3 is 2.09 bits per heavy atom. The maximum atomic E-state index is 13.4. The van der Waals surface area contributed by atoms with Crippen molar-refractivity contribution < 1.29 is 28.2 Å². The van der Waals surface area contributed by atoms with Gasteiger partial charge in [0, 0.05) is 30.0 Å². The van der Waals surface area contributed by atoms with E-state index in [1.807, 2.05) is 4.90 Å². The zero-order valence-corrected chi connectivity index (χ0v) is 18.4. The van der Waals surface area contributed by atoms with Crippen LogP contribution in [0.15, 0.2) is 42.7 Å². The van der Waals surface area contributed by atoms with Gasteiger partial charge < -0.3 is 15.1 Å². The van der Waals surface area contributed by atoms with Crippen LogP contribution in [0.25, 0.3) is 0 Å². The van der Waals surface area contributed by atoms with Crippen molar-refractivity contribution in [3.8, 4) is 0 Å². The molecule has 0 aliphatic heterocycles. The summed E-state index contributed by atoms with van der Waals surface area (Å²) in [7, 11) is 0. The van der Waals surface area contributed by atoms with Gasteiger partial charge in [-0.3, -0.25) is 4.79 Å². The van der Waals surface area contributed by atoms with Gasteiger partial charge in [0.25, 0.3) is 5.91 Å². The van der Waals surface area contributed by atoms with Crippen molar-refractivity contribution in [2.45, 2.75) is 74.7 Å². The third kappa shape index (κ3) is 4.48. The zero-order chi connectivity index (χ0) is 23.9. The first kappa shape index (κ1) is 23.6. The molecule has 1 aromatic heterocycles. The lowest BCUT2D eigenvalue weighted by Crippen LogP contribution is -2.48. The number of rotatable bonds is 6. The lowest BCUT2D eigenvalue weighted by molar-refractivity contribution is -0.258. The molecule has 33 heavy (non-hydrogen) atoms. The second-order valence-electron chi connectivity index (χ2n) is 9.33. The Bertz CT molecular complexity index is 968. The van der Waals surface area contributed by atoms with E-state index >= 15 is 0 Å². The molecule has 0 radical (unpaired) electrons. The van der Waals surface area contributed by atoms with Crippen LogP contribution < -0.4 is 0 Å². The summed E-state index contributed by atoms with van der Waals surface area (Å²) in [6, 6.07) is 6.86. The van der Waals surface area contributed by atoms with E-state index in [1.165, 1.54) is 12.1 Å². The summed E-state index contributed by atoms with van der Waals surface area (Å²) in [4.78, 5) is 23.9. The molecule has 1 atom stereocenters. The van der Waals surface area contributed by atoms with E-state index in [0.717, 1.165) is 25.0 Å². The highest BCUT2D eigenvalue weighted by atomic mass is 19.4. The Morgan fingerprint density at radius 1 is 1.06 bits per heavy atom. The summed E-state index contributed by atoms with van der Waals surface area (Å²) in [5.74, 6) is 0.399. The second kappa shape index (κ2) is 8.68. The van der Waals surface area contributed by atoms with E-state index in [1.54, 1.807) is 18.5 Å². The lowest BCUT2D eigenvalue weighted by atomic mass is 9.72. The maximum absolute atomic E-state index is 13.4. The monoisotopic (exact) mass is 463 g/mol. The number of carbonyl (C=O) groups excluding carboxylic acids is 1. The molecule has 4 rings (SSSR count). The molecule has 2 saturated carbocycles. The van der Waals surface area contributed by atoms with E-state index in [-0.39, 0.29) is 30.2 Å². The number of hydrogen-bond donors (Lipinski definition) is 2. The van der Waals surface area contributed by atoms with Crippen molar-refractivity contribution in [2.75, 3.05) is 6.61 Å². The number of amides is 1. The number of nitrogens with zero attached hydrogens (tertiary/aromatic N) is 3. The Hall–Kier alpha value is -2.52. The SMILES string of the molecule is C[C@](O)(c1ccc(C(=O)N(C2CC2)C2CCC(CO)(c3ncccn3)CC2)cc1)C(F)(F)F. The standard InChI is InChI=1S/C24H28F3N3O3/c1-22(33,24(25,26)27)17-5-3-16(4-6-17)20(32)30(18-7-8-18)19-9-11-23(15-31,12-10-19)21-28-13-2-14-29-21/h2-6,13-14,18-19,31,33H,7-12,15H2,1H3/t19?,22-,23?/m0/s1. The van der Waals surface area contributed by atoms with E-state index in [4.69, 9.17) is 0 Å². The van der Waals surface area contributed by atoms with Crippen LogP contribution in [0.5, 0.6) is 0 Å². The average Bonchev–Trinajstić information content (AvgIpc) is 3.65. The number of halogens is 3. The number of carbonyl (C=O) groups is 1. The third-order valence-corrected chi connectivity index (χ3v) is 7.07. The van der Waals surface area contributed by atoms with Crippen molar-refractivity contribution in [1.29, 1.82) is 0 Å². The first-order chi connectivity index (χ1) is 15.6. The van der Waals surface area contributed by atoms with E-state index in [0.29, 0.717) is 44.0 Å². The van der Waals surface area contributed by atoms with Gasteiger partial charge >= 0.3 is 6.18 Å². The fourth-order valence-corrected chi connectivity index (χ4v) is 4.69. The van der Waals surface area contributed by atoms with Crippen LogP contribution in [0.1, 0.15) is 67.2 Å². The summed E-state index contributed by atoms with van der Waals surface area (Å²) >= 11 is 0. The minimum atomic E-state index is -4.82. The molecule has 2 aliphatic carbocycles. The number of hydrogen-bond acceptors (Lipinski definition) is 5. The molecular formula is C24H28F3N3O3. The van der Waals surface area contributed by atoms with Crippen LogP contribution in [0, 0.1) is 0 Å². The van der Waals surface area contributed by atoms with Gasteiger partial charge in [0.15, 0.2) is 5.60 Å². The van der Waals surface area contributed by atoms with E-state index < -0.39 is 17.2 Å². The van der Waals surface area contributed by atoms with Gasteiger partial charge in [-0.1, -0.05) is 12.1 Å². The number of alkyl halides is 3. The molecule has 2 aromatic rings. The number of aliphatic hydroxyl groups excluding tert-OH is 1. The molecule has 6 nitrogen and oxygen atoms in total. The maximum Gasteiger partial charge on any atom is 0.421 e. The number of aromatic nitrogens is 2. The van der Waals surface area contributed by atoms with Crippen molar-refractivity contribution in [2.24, 2.45) is 0 Å². The Morgan fingerprint density at radius 2 is 1.61 bits per heavy atom. The fraction of sp³-hybridized carbons (Fsp3) is 0.542.